The molecule has 0 bridgehead atoms. The third-order valence-corrected chi connectivity index (χ3v) is 5.50. The third kappa shape index (κ3) is 5.49. The van der Waals surface area contributed by atoms with Gasteiger partial charge in [-0.1, -0.05) is 17.7 Å². The van der Waals surface area contributed by atoms with E-state index in [0.717, 1.165) is 6.07 Å². The smallest absolute Gasteiger partial charge is 0.301 e. The number of nitrogens with one attached hydrogen (secondary N) is 1. The zero-order valence-corrected chi connectivity index (χ0v) is 18.7. The third-order valence-electron chi connectivity index (χ3n) is 5.17. The summed E-state index contributed by atoms with van der Waals surface area (Å²) in [6, 6.07) is 7.44. The Kier molecular flexibility index (Phi) is 7.12. The van der Waals surface area contributed by atoms with E-state index >= 15 is 4.39 Å². The summed E-state index contributed by atoms with van der Waals surface area (Å²) in [5.41, 5.74) is 0.0789. The maximum Gasteiger partial charge on any atom is 0.301 e. The number of hydrogen-bond donors (Lipinski definition) is 1. The van der Waals surface area contributed by atoms with Crippen LogP contribution in [0.4, 0.5) is 13.2 Å². The molecule has 3 aromatic heterocycles. The number of allylic oxidation sites excluding steroid dienone is 1. The zero-order valence-electron chi connectivity index (χ0n) is 18.0. The highest BCUT2D eigenvalue weighted by Gasteiger charge is 2.37. The Hall–Kier alpha value is -3.77. The van der Waals surface area contributed by atoms with Crippen molar-refractivity contribution >= 4 is 17.6 Å². The molecule has 0 aromatic carbocycles. The number of carbonyl (C=O) groups excluding carboxylic acids is 1. The first-order chi connectivity index (χ1) is 16.8. The summed E-state index contributed by atoms with van der Waals surface area (Å²) >= 11 is 6.17. The molecule has 0 saturated heterocycles. The van der Waals surface area contributed by atoms with Gasteiger partial charge in [0.05, 0.1) is 29.5 Å². The second-order valence-electron chi connectivity index (χ2n) is 7.54. The second-order valence-corrected chi connectivity index (χ2v) is 7.94. The maximum absolute atomic E-state index is 15.5. The van der Waals surface area contributed by atoms with Gasteiger partial charge in [-0.15, -0.1) is 0 Å². The molecule has 0 radical (unpaired) electrons. The molecule has 1 aliphatic rings. The van der Waals surface area contributed by atoms with Gasteiger partial charge >= 0.3 is 5.92 Å². The van der Waals surface area contributed by atoms with Gasteiger partial charge in [0, 0.05) is 36.6 Å². The van der Waals surface area contributed by atoms with Crippen LogP contribution in [0, 0.1) is 0 Å². The second kappa shape index (κ2) is 10.2. The molecule has 1 atom stereocenters. The summed E-state index contributed by atoms with van der Waals surface area (Å²) in [5, 5.41) is 17.5. The lowest BCUT2D eigenvalue weighted by Gasteiger charge is -2.36. The Bertz CT molecular complexity index is 1250. The van der Waals surface area contributed by atoms with Crippen LogP contribution in [0.1, 0.15) is 17.8 Å². The lowest BCUT2D eigenvalue weighted by atomic mass is 10.1. The molecule has 0 aliphatic carbocycles. The molecule has 0 amide bonds. The van der Waals surface area contributed by atoms with Gasteiger partial charge in [-0.05, 0) is 24.3 Å². The number of carbonyl (C=O) groups is 1. The molecular weight excluding hydrogens is 487 g/mol. The van der Waals surface area contributed by atoms with E-state index in [1.807, 2.05) is 0 Å². The molecule has 4 rings (SSSR count). The predicted molar refractivity (Wildman–Crippen MR) is 116 cm³/mol. The minimum atomic E-state index is -3.44. The molecule has 4 heterocycles. The van der Waals surface area contributed by atoms with E-state index in [9.17, 15) is 18.7 Å². The lowest BCUT2D eigenvalue weighted by Crippen LogP contribution is -2.49. The van der Waals surface area contributed by atoms with Crippen LogP contribution < -0.4 is 10.4 Å². The summed E-state index contributed by atoms with van der Waals surface area (Å²) < 4.78 is 46.5. The monoisotopic (exact) mass is 504 g/mol. The summed E-state index contributed by atoms with van der Waals surface area (Å²) in [4.78, 5) is 24.3. The van der Waals surface area contributed by atoms with Crippen LogP contribution in [0.2, 0.25) is 0 Å². The first-order valence-electron chi connectivity index (χ1n) is 10.3. The highest BCUT2D eigenvalue weighted by Crippen LogP contribution is 2.34. The van der Waals surface area contributed by atoms with Crippen LogP contribution >= 0.6 is 11.6 Å². The molecule has 1 unspecified atom stereocenters. The van der Waals surface area contributed by atoms with Crippen molar-refractivity contribution in [2.45, 2.75) is 25.1 Å². The van der Waals surface area contributed by atoms with Crippen LogP contribution in [-0.2, 0) is 17.3 Å². The normalized spacial score (nSPS) is 16.4. The fourth-order valence-corrected chi connectivity index (χ4v) is 3.82. The molecule has 1 aliphatic heterocycles. The number of carboxylic acids is 1. The topological polar surface area (TPSA) is 112 Å². The Morgan fingerprint density at radius 1 is 1.20 bits per heavy atom. The van der Waals surface area contributed by atoms with Gasteiger partial charge in [0.25, 0.3) is 0 Å². The summed E-state index contributed by atoms with van der Waals surface area (Å²) in [5.74, 6) is -6.02. The number of halogens is 4. The van der Waals surface area contributed by atoms with Crippen molar-refractivity contribution in [3.63, 3.8) is 0 Å². The van der Waals surface area contributed by atoms with E-state index < -0.39 is 42.5 Å². The Morgan fingerprint density at radius 2 is 2.00 bits per heavy atom. The number of aliphatic carboxylic acids is 1. The minimum absolute atomic E-state index is 0.0783. The van der Waals surface area contributed by atoms with Crippen molar-refractivity contribution in [1.29, 1.82) is 0 Å². The number of hydrogen-bond acceptors (Lipinski definition) is 8. The van der Waals surface area contributed by atoms with Crippen molar-refractivity contribution < 1.29 is 23.1 Å². The molecule has 1 N–H and O–H groups in total. The lowest BCUT2D eigenvalue weighted by molar-refractivity contribution is -0.304. The van der Waals surface area contributed by atoms with E-state index in [4.69, 9.17) is 11.6 Å². The van der Waals surface area contributed by atoms with Gasteiger partial charge in [-0.25, -0.2) is 14.1 Å². The fraction of sp³-hybridized carbons (Fsp3) is 0.227. The number of pyridine rings is 2. The van der Waals surface area contributed by atoms with Crippen molar-refractivity contribution in [1.82, 2.24) is 34.9 Å². The van der Waals surface area contributed by atoms with Gasteiger partial charge in [0.2, 0.25) is 0 Å². The maximum atomic E-state index is 15.5. The van der Waals surface area contributed by atoms with Crippen molar-refractivity contribution in [2.24, 2.45) is 0 Å². The van der Waals surface area contributed by atoms with Gasteiger partial charge < -0.3 is 14.8 Å². The van der Waals surface area contributed by atoms with E-state index in [2.05, 4.69) is 25.4 Å². The molecule has 0 fully saturated rings. The number of aromatic nitrogens is 5. The largest absolute Gasteiger partial charge is 0.550 e. The quantitative estimate of drug-likeness (QED) is 0.471. The zero-order chi connectivity index (χ0) is 25.0. The first-order valence-corrected chi connectivity index (χ1v) is 10.7. The van der Waals surface area contributed by atoms with E-state index in [-0.39, 0.29) is 17.2 Å². The minimum Gasteiger partial charge on any atom is -0.550 e. The number of rotatable bonds is 9. The van der Waals surface area contributed by atoms with Gasteiger partial charge in [0.15, 0.2) is 0 Å². The van der Waals surface area contributed by atoms with E-state index in [1.54, 1.807) is 12.1 Å². The van der Waals surface area contributed by atoms with Crippen molar-refractivity contribution in [3.8, 4) is 5.69 Å². The molecule has 35 heavy (non-hydrogen) atoms. The Morgan fingerprint density at radius 3 is 2.69 bits per heavy atom. The highest BCUT2D eigenvalue weighted by atomic mass is 35.5. The molecule has 0 saturated carbocycles. The van der Waals surface area contributed by atoms with Crippen LogP contribution in [-0.4, -0.2) is 48.3 Å². The average molecular weight is 505 g/mol. The van der Waals surface area contributed by atoms with E-state index in [1.165, 1.54) is 53.0 Å². The molecule has 3 aromatic rings. The number of carboxylic acid groups (broad SMARTS) is 1. The number of nitrogens with zero attached hydrogens (tertiary/aromatic N) is 6. The van der Waals surface area contributed by atoms with Crippen molar-refractivity contribution in [2.75, 3.05) is 6.54 Å². The van der Waals surface area contributed by atoms with Crippen LogP contribution in [0.15, 0.2) is 78.0 Å². The summed E-state index contributed by atoms with van der Waals surface area (Å²) in [6.07, 6.45) is 4.50. The predicted octanol–water partition coefficient (Wildman–Crippen LogP) is 2.02. The van der Waals surface area contributed by atoms with Gasteiger partial charge in [0.1, 0.15) is 30.3 Å². The van der Waals surface area contributed by atoms with Crippen LogP contribution in [0.25, 0.3) is 5.69 Å². The Balaban J connectivity index is 1.65. The van der Waals surface area contributed by atoms with Gasteiger partial charge in [-0.3, -0.25) is 15.3 Å². The van der Waals surface area contributed by atoms with Crippen LogP contribution in [0.5, 0.6) is 0 Å². The molecule has 182 valence electrons. The van der Waals surface area contributed by atoms with Crippen molar-refractivity contribution in [3.05, 3.63) is 89.4 Å². The summed E-state index contributed by atoms with van der Waals surface area (Å²) in [6.45, 7) is -1.06. The fourth-order valence-electron chi connectivity index (χ4n) is 3.54. The van der Waals surface area contributed by atoms with Gasteiger partial charge in [-0.2, -0.15) is 13.9 Å². The average Bonchev–Trinajstić information content (AvgIpc) is 3.37. The Labute approximate surface area is 202 Å². The van der Waals surface area contributed by atoms with Crippen LogP contribution in [0.3, 0.4) is 0 Å². The summed E-state index contributed by atoms with van der Waals surface area (Å²) in [7, 11) is 0. The molecule has 13 heteroatoms. The standard InChI is InChI=1S/C22H19ClF3N7O2/c23-15-9-32(10-16-17(4-3-7-28-16)33-13-27-12-31-33)21(20(24)14(15)8-19(34)35)30-11-22(25,26)18-5-1-2-6-29-18/h1-7,9,12-13,21,30H,8,10-11H2,(H,34,35)/p-1. The molecule has 9 nitrogen and oxygen atoms in total. The first kappa shape index (κ1) is 24.4. The molecule has 0 spiro atoms. The molecular formula is C22H18ClF3N7O2-. The number of alkyl halides is 2. The highest BCUT2D eigenvalue weighted by molar-refractivity contribution is 6.32. The SMILES string of the molecule is O=C([O-])CC1=C(F)C(NCC(F)(F)c2ccccn2)N(Cc2ncccc2-n2cncn2)C=C1Cl. The van der Waals surface area contributed by atoms with E-state index in [0.29, 0.717) is 11.4 Å².